The molecule has 4 rings (SSSR count). The van der Waals surface area contributed by atoms with E-state index in [-0.39, 0.29) is 11.8 Å². The van der Waals surface area contributed by atoms with Crippen LogP contribution in [-0.2, 0) is 4.79 Å². The summed E-state index contributed by atoms with van der Waals surface area (Å²) in [6.07, 6.45) is 3.79. The maximum absolute atomic E-state index is 12.8. The number of piperidine rings is 1. The van der Waals surface area contributed by atoms with Crippen molar-refractivity contribution >= 4 is 35.0 Å². The summed E-state index contributed by atoms with van der Waals surface area (Å²) in [5.41, 5.74) is 2.60. The minimum Gasteiger partial charge on any atom is -0.372 e. The van der Waals surface area contributed by atoms with Gasteiger partial charge in [-0.05, 0) is 55.7 Å². The highest BCUT2D eigenvalue weighted by Crippen LogP contribution is 2.26. The largest absolute Gasteiger partial charge is 0.372 e. The van der Waals surface area contributed by atoms with Crippen LogP contribution in [0.15, 0.2) is 54.6 Å². The third kappa shape index (κ3) is 4.17. The van der Waals surface area contributed by atoms with Gasteiger partial charge in [0, 0.05) is 35.8 Å². The molecule has 1 atom stereocenters. The van der Waals surface area contributed by atoms with Crippen molar-refractivity contribution in [2.75, 3.05) is 34.9 Å². The maximum atomic E-state index is 12.8. The van der Waals surface area contributed by atoms with Gasteiger partial charge in [0.05, 0.1) is 5.88 Å². The van der Waals surface area contributed by atoms with Gasteiger partial charge in [0.2, 0.25) is 5.91 Å². The summed E-state index contributed by atoms with van der Waals surface area (Å²) in [5.74, 6) is 0.946. The topological polar surface area (TPSA) is 52.7 Å². The Balaban J connectivity index is 1.40. The third-order valence-electron chi connectivity index (χ3n) is 5.32. The van der Waals surface area contributed by atoms with Gasteiger partial charge in [-0.3, -0.25) is 9.59 Å². The first-order valence-corrected chi connectivity index (χ1v) is 11.0. The fourth-order valence-corrected chi connectivity index (χ4v) is 4.89. The number of carbonyl (C=O) groups excluding carboxylic acids is 2. The second-order valence-corrected chi connectivity index (χ2v) is 8.24. The summed E-state index contributed by atoms with van der Waals surface area (Å²) in [5, 5.41) is 2.99. The third-order valence-corrected chi connectivity index (χ3v) is 6.33. The van der Waals surface area contributed by atoms with Crippen LogP contribution in [0.25, 0.3) is 0 Å². The van der Waals surface area contributed by atoms with Gasteiger partial charge >= 0.3 is 0 Å². The molecule has 146 valence electrons. The fourth-order valence-electron chi connectivity index (χ4n) is 3.74. The Kier molecular flexibility index (Phi) is 5.86. The smallest absolute Gasteiger partial charge is 0.255 e. The van der Waals surface area contributed by atoms with Crippen molar-refractivity contribution in [3.8, 4) is 0 Å². The van der Waals surface area contributed by atoms with Crippen LogP contribution in [0.5, 0.6) is 0 Å². The van der Waals surface area contributed by atoms with Crippen LogP contribution in [0, 0.1) is 0 Å². The zero-order valence-electron chi connectivity index (χ0n) is 15.8. The van der Waals surface area contributed by atoms with Gasteiger partial charge in [-0.25, -0.2) is 0 Å². The van der Waals surface area contributed by atoms with E-state index < -0.39 is 6.04 Å². The minimum absolute atomic E-state index is 0.0915. The summed E-state index contributed by atoms with van der Waals surface area (Å²) in [4.78, 5) is 29.6. The number of rotatable bonds is 4. The van der Waals surface area contributed by atoms with Gasteiger partial charge in [-0.2, -0.15) is 0 Å². The van der Waals surface area contributed by atoms with Gasteiger partial charge in [-0.15, -0.1) is 11.8 Å². The summed E-state index contributed by atoms with van der Waals surface area (Å²) in [6, 6.07) is 16.7. The molecular formula is C22H25N3O2S. The van der Waals surface area contributed by atoms with Gasteiger partial charge in [0.25, 0.3) is 5.91 Å². The average molecular weight is 396 g/mol. The molecule has 0 saturated carbocycles. The molecule has 1 unspecified atom stereocenters. The first-order chi connectivity index (χ1) is 13.7. The van der Waals surface area contributed by atoms with Crippen molar-refractivity contribution in [3.63, 3.8) is 0 Å². The quantitative estimate of drug-likeness (QED) is 0.855. The van der Waals surface area contributed by atoms with Crippen molar-refractivity contribution < 1.29 is 9.59 Å². The number of hydrogen-bond acceptors (Lipinski definition) is 4. The van der Waals surface area contributed by atoms with Crippen LogP contribution < -0.4 is 10.2 Å². The number of anilines is 2. The predicted molar refractivity (Wildman–Crippen MR) is 115 cm³/mol. The summed E-state index contributed by atoms with van der Waals surface area (Å²) < 4.78 is 0. The Bertz CT molecular complexity index is 819. The Morgan fingerprint density at radius 2 is 1.64 bits per heavy atom. The first-order valence-electron chi connectivity index (χ1n) is 9.82. The number of nitrogens with one attached hydrogen (secondary N) is 1. The van der Waals surface area contributed by atoms with E-state index in [0.717, 1.165) is 18.8 Å². The van der Waals surface area contributed by atoms with Crippen LogP contribution in [0.4, 0.5) is 11.4 Å². The number of benzene rings is 2. The molecule has 2 heterocycles. The lowest BCUT2D eigenvalue weighted by Gasteiger charge is -2.29. The summed E-state index contributed by atoms with van der Waals surface area (Å²) in [6.45, 7) is 2.20. The van der Waals surface area contributed by atoms with Gasteiger partial charge in [-0.1, -0.05) is 18.2 Å². The van der Waals surface area contributed by atoms with Crippen LogP contribution in [0.1, 0.15) is 29.6 Å². The molecule has 6 heteroatoms. The van der Waals surface area contributed by atoms with Crippen molar-refractivity contribution in [1.29, 1.82) is 0 Å². The number of carbonyl (C=O) groups is 2. The molecule has 2 amide bonds. The van der Waals surface area contributed by atoms with Crippen molar-refractivity contribution in [1.82, 2.24) is 4.90 Å². The molecule has 0 radical (unpaired) electrons. The Morgan fingerprint density at radius 3 is 2.36 bits per heavy atom. The number of amides is 2. The van der Waals surface area contributed by atoms with Crippen LogP contribution in [-0.4, -0.2) is 47.5 Å². The van der Waals surface area contributed by atoms with Crippen molar-refractivity contribution in [2.24, 2.45) is 0 Å². The molecule has 2 saturated heterocycles. The molecular weight excluding hydrogens is 370 g/mol. The van der Waals surface area contributed by atoms with Crippen LogP contribution in [0.2, 0.25) is 0 Å². The maximum Gasteiger partial charge on any atom is 0.255 e. The molecule has 0 spiro atoms. The second kappa shape index (κ2) is 8.69. The van der Waals surface area contributed by atoms with E-state index in [9.17, 15) is 9.59 Å². The predicted octanol–water partition coefficient (Wildman–Crippen LogP) is 3.83. The summed E-state index contributed by atoms with van der Waals surface area (Å²) in [7, 11) is 0. The molecule has 0 aromatic heterocycles. The molecule has 2 aliphatic rings. The van der Waals surface area contributed by atoms with Gasteiger partial charge < -0.3 is 15.1 Å². The average Bonchev–Trinajstić information content (AvgIpc) is 3.25. The Morgan fingerprint density at radius 1 is 0.929 bits per heavy atom. The molecule has 0 aliphatic carbocycles. The Labute approximate surface area is 170 Å². The van der Waals surface area contributed by atoms with E-state index in [1.807, 2.05) is 30.3 Å². The highest BCUT2D eigenvalue weighted by Gasteiger charge is 2.35. The molecule has 0 bridgehead atoms. The highest BCUT2D eigenvalue weighted by molar-refractivity contribution is 7.99. The second-order valence-electron chi connectivity index (χ2n) is 7.24. The lowest BCUT2D eigenvalue weighted by molar-refractivity contribution is -0.119. The number of hydrogen-bond donors (Lipinski definition) is 1. The van der Waals surface area contributed by atoms with E-state index >= 15 is 0 Å². The zero-order valence-corrected chi connectivity index (χ0v) is 16.7. The highest BCUT2D eigenvalue weighted by atomic mass is 32.2. The van der Waals surface area contributed by atoms with E-state index in [1.165, 1.54) is 24.9 Å². The first kappa shape index (κ1) is 18.9. The van der Waals surface area contributed by atoms with Gasteiger partial charge in [0.15, 0.2) is 0 Å². The van der Waals surface area contributed by atoms with Gasteiger partial charge in [0.1, 0.15) is 6.04 Å². The normalized spacial score (nSPS) is 19.5. The molecule has 28 heavy (non-hydrogen) atoms. The SMILES string of the molecule is O=C(Nc1ccc(N2CCCCC2)cc1)C1CSCN1C(=O)c1ccccc1. The monoisotopic (exact) mass is 395 g/mol. The standard InChI is InChI=1S/C22H25N3O2S/c26-21(20-15-28-16-25(20)22(27)17-7-3-1-4-8-17)23-18-9-11-19(12-10-18)24-13-5-2-6-14-24/h1,3-4,7-12,20H,2,5-6,13-16H2,(H,23,26). The Hall–Kier alpha value is -2.47. The molecule has 2 fully saturated rings. The summed E-state index contributed by atoms with van der Waals surface area (Å²) >= 11 is 1.61. The molecule has 2 aromatic carbocycles. The molecule has 1 N–H and O–H groups in total. The van der Waals surface area contributed by atoms with E-state index in [4.69, 9.17) is 0 Å². The molecule has 5 nitrogen and oxygen atoms in total. The fraction of sp³-hybridized carbons (Fsp3) is 0.364. The molecule has 2 aliphatic heterocycles. The van der Waals surface area contributed by atoms with E-state index in [2.05, 4.69) is 22.3 Å². The number of thioether (sulfide) groups is 1. The van der Waals surface area contributed by atoms with Crippen molar-refractivity contribution in [2.45, 2.75) is 25.3 Å². The zero-order chi connectivity index (χ0) is 19.3. The van der Waals surface area contributed by atoms with E-state index in [0.29, 0.717) is 17.2 Å². The minimum atomic E-state index is -0.445. The van der Waals surface area contributed by atoms with Crippen LogP contribution in [0.3, 0.4) is 0 Å². The van der Waals surface area contributed by atoms with Crippen molar-refractivity contribution in [3.05, 3.63) is 60.2 Å². The lowest BCUT2D eigenvalue weighted by atomic mass is 10.1. The van der Waals surface area contributed by atoms with Crippen LogP contribution >= 0.6 is 11.8 Å². The number of nitrogens with zero attached hydrogens (tertiary/aromatic N) is 2. The lowest BCUT2D eigenvalue weighted by Crippen LogP contribution is -2.44. The van der Waals surface area contributed by atoms with E-state index in [1.54, 1.807) is 28.8 Å². The molecule has 2 aromatic rings.